The van der Waals surface area contributed by atoms with E-state index in [2.05, 4.69) is 168 Å². The average molecular weight is 654 g/mol. The zero-order chi connectivity index (χ0) is 32.8. The third-order valence-corrected chi connectivity index (χ3v) is 11.3. The Labute approximate surface area is 291 Å². The highest BCUT2D eigenvalue weighted by atomic mass is 32.1. The van der Waals surface area contributed by atoms with Crippen molar-refractivity contribution in [2.24, 2.45) is 0 Å². The summed E-state index contributed by atoms with van der Waals surface area (Å²) in [6, 6.07) is 59.1. The van der Waals surface area contributed by atoms with Gasteiger partial charge in [-0.25, -0.2) is 9.97 Å². The first-order valence-electron chi connectivity index (χ1n) is 16.9. The van der Waals surface area contributed by atoms with Gasteiger partial charge in [-0.05, 0) is 87.3 Å². The van der Waals surface area contributed by atoms with Crippen LogP contribution in [0.25, 0.3) is 103 Å². The van der Waals surface area contributed by atoms with E-state index < -0.39 is 0 Å². The molecule has 0 radical (unpaired) electrons. The second-order valence-electron chi connectivity index (χ2n) is 13.0. The van der Waals surface area contributed by atoms with Crippen molar-refractivity contribution in [3.8, 4) is 28.3 Å². The fraction of sp³-hybridized carbons (Fsp3) is 0. The topological polar surface area (TPSA) is 30.7 Å². The number of nitrogens with zero attached hydrogens (tertiary/aromatic N) is 3. The molecule has 3 heterocycles. The van der Waals surface area contributed by atoms with Crippen molar-refractivity contribution in [2.75, 3.05) is 0 Å². The largest absolute Gasteiger partial charge is 0.293 e. The Kier molecular flexibility index (Phi) is 5.83. The molecule has 0 saturated carbocycles. The second kappa shape index (κ2) is 10.6. The maximum Gasteiger partial charge on any atom is 0.162 e. The maximum atomic E-state index is 5.43. The quantitative estimate of drug-likeness (QED) is 0.190. The number of para-hydroxylation sites is 1. The van der Waals surface area contributed by atoms with Crippen LogP contribution in [0.2, 0.25) is 0 Å². The van der Waals surface area contributed by atoms with Gasteiger partial charge in [0.15, 0.2) is 5.82 Å². The van der Waals surface area contributed by atoms with Gasteiger partial charge in [0.25, 0.3) is 0 Å². The van der Waals surface area contributed by atoms with Crippen molar-refractivity contribution in [3.63, 3.8) is 0 Å². The minimum absolute atomic E-state index is 0.724. The van der Waals surface area contributed by atoms with Gasteiger partial charge in [0.1, 0.15) is 5.82 Å². The second-order valence-corrected chi connectivity index (χ2v) is 14.1. The molecule has 11 aromatic rings. The lowest BCUT2D eigenvalue weighted by molar-refractivity contribution is 1.08. The van der Waals surface area contributed by atoms with E-state index in [-0.39, 0.29) is 0 Å². The Balaban J connectivity index is 1.19. The highest BCUT2D eigenvalue weighted by Crippen LogP contribution is 2.40. The van der Waals surface area contributed by atoms with Gasteiger partial charge in [0.2, 0.25) is 0 Å². The molecule has 11 rings (SSSR count). The third-order valence-electron chi connectivity index (χ3n) is 10.1. The lowest BCUT2D eigenvalue weighted by Gasteiger charge is -2.13. The number of thiophene rings is 1. The van der Waals surface area contributed by atoms with Crippen LogP contribution < -0.4 is 0 Å². The standard InChI is InChI=1S/C46H27N3S/c1-2-10-29-23-32(18-17-28(29)9-1)33-20-22-41-38(25-33)39-24-30-11-3-4-12-31(30)26-42(39)49(41)46-37-14-5-7-15-40(37)47-45(48-46)34-19-21-36-35-13-6-8-16-43(35)50-44(36)27-34/h1-27H. The molecule has 0 amide bonds. The van der Waals surface area contributed by atoms with E-state index in [4.69, 9.17) is 9.97 Å². The van der Waals surface area contributed by atoms with Crippen molar-refractivity contribution in [1.82, 2.24) is 14.5 Å². The smallest absolute Gasteiger partial charge is 0.162 e. The fourth-order valence-corrected chi connectivity index (χ4v) is 8.85. The fourth-order valence-electron chi connectivity index (χ4n) is 7.71. The van der Waals surface area contributed by atoms with Crippen LogP contribution in [0, 0.1) is 0 Å². The van der Waals surface area contributed by atoms with Crippen LogP contribution in [0.5, 0.6) is 0 Å². The Morgan fingerprint density at radius 3 is 1.90 bits per heavy atom. The molecule has 4 heteroatoms. The van der Waals surface area contributed by atoms with Crippen LogP contribution in [0.3, 0.4) is 0 Å². The minimum atomic E-state index is 0.724. The van der Waals surface area contributed by atoms with Crippen molar-refractivity contribution in [3.05, 3.63) is 164 Å². The van der Waals surface area contributed by atoms with E-state index in [0.717, 1.165) is 39.1 Å². The molecule has 8 aromatic carbocycles. The summed E-state index contributed by atoms with van der Waals surface area (Å²) >= 11 is 1.82. The van der Waals surface area contributed by atoms with Crippen LogP contribution in [0.4, 0.5) is 0 Å². The summed E-state index contributed by atoms with van der Waals surface area (Å²) in [5.41, 5.74) is 6.59. The SMILES string of the molecule is c1ccc2cc(-c3ccc4c(c3)c3cc5ccccc5cc3n4-c3nc(-c4ccc5c(c4)sc4ccccc45)nc4ccccc34)ccc2c1. The molecule has 0 N–H and O–H groups in total. The average Bonchev–Trinajstić information content (AvgIpc) is 3.70. The molecular weight excluding hydrogens is 627 g/mol. The highest BCUT2D eigenvalue weighted by molar-refractivity contribution is 7.25. The summed E-state index contributed by atoms with van der Waals surface area (Å²) in [5, 5.41) is 10.9. The maximum absolute atomic E-state index is 5.43. The van der Waals surface area contributed by atoms with Gasteiger partial charge in [-0.15, -0.1) is 11.3 Å². The zero-order valence-corrected chi connectivity index (χ0v) is 27.7. The van der Waals surface area contributed by atoms with Gasteiger partial charge >= 0.3 is 0 Å². The molecule has 0 aliphatic heterocycles. The van der Waals surface area contributed by atoms with Crippen LogP contribution in [-0.2, 0) is 0 Å². The molecule has 0 atom stereocenters. The predicted octanol–water partition coefficient (Wildman–Crippen LogP) is 12.7. The van der Waals surface area contributed by atoms with E-state index in [0.29, 0.717) is 0 Å². The van der Waals surface area contributed by atoms with Crippen LogP contribution in [0.1, 0.15) is 0 Å². The number of hydrogen-bond acceptors (Lipinski definition) is 3. The van der Waals surface area contributed by atoms with Gasteiger partial charge < -0.3 is 0 Å². The minimum Gasteiger partial charge on any atom is -0.293 e. The molecule has 0 spiro atoms. The van der Waals surface area contributed by atoms with Gasteiger partial charge in [0, 0.05) is 41.9 Å². The normalized spacial score (nSPS) is 12.0. The van der Waals surface area contributed by atoms with E-state index in [9.17, 15) is 0 Å². The van der Waals surface area contributed by atoms with Crippen molar-refractivity contribution < 1.29 is 0 Å². The summed E-state index contributed by atoms with van der Waals surface area (Å²) in [4.78, 5) is 10.6. The van der Waals surface area contributed by atoms with E-state index in [1.165, 1.54) is 63.6 Å². The predicted molar refractivity (Wildman–Crippen MR) is 213 cm³/mol. The zero-order valence-electron chi connectivity index (χ0n) is 26.8. The van der Waals surface area contributed by atoms with Crippen LogP contribution in [0.15, 0.2) is 164 Å². The first-order chi connectivity index (χ1) is 24.7. The number of fused-ring (bicyclic) bond motifs is 9. The Bertz CT molecular complexity index is 3170. The molecule has 3 aromatic heterocycles. The molecule has 0 unspecified atom stereocenters. The number of benzene rings is 8. The van der Waals surface area contributed by atoms with Crippen molar-refractivity contribution in [2.45, 2.75) is 0 Å². The molecule has 0 bridgehead atoms. The summed E-state index contributed by atoms with van der Waals surface area (Å²) in [7, 11) is 0. The van der Waals surface area contributed by atoms with Gasteiger partial charge in [-0.2, -0.15) is 0 Å². The summed E-state index contributed by atoms with van der Waals surface area (Å²) in [6.07, 6.45) is 0. The molecular formula is C46H27N3S. The molecule has 0 aliphatic carbocycles. The molecule has 232 valence electrons. The van der Waals surface area contributed by atoms with E-state index in [1.54, 1.807) is 0 Å². The lowest BCUT2D eigenvalue weighted by Crippen LogP contribution is -2.02. The third kappa shape index (κ3) is 4.16. The first-order valence-corrected chi connectivity index (χ1v) is 17.7. The Morgan fingerprint density at radius 2 is 1.02 bits per heavy atom. The van der Waals surface area contributed by atoms with Gasteiger partial charge in [0.05, 0.1) is 16.6 Å². The molecule has 3 nitrogen and oxygen atoms in total. The number of hydrogen-bond donors (Lipinski definition) is 0. The first kappa shape index (κ1) is 27.6. The molecule has 0 saturated heterocycles. The van der Waals surface area contributed by atoms with Crippen LogP contribution >= 0.6 is 11.3 Å². The molecule has 50 heavy (non-hydrogen) atoms. The van der Waals surface area contributed by atoms with Crippen molar-refractivity contribution in [1.29, 1.82) is 0 Å². The summed E-state index contributed by atoms with van der Waals surface area (Å²) in [6.45, 7) is 0. The number of rotatable bonds is 3. The van der Waals surface area contributed by atoms with E-state index >= 15 is 0 Å². The lowest BCUT2D eigenvalue weighted by atomic mass is 9.99. The van der Waals surface area contributed by atoms with Gasteiger partial charge in [-0.1, -0.05) is 109 Å². The number of aromatic nitrogens is 3. The Hall–Kier alpha value is -6.36. The van der Waals surface area contributed by atoms with E-state index in [1.807, 2.05) is 11.3 Å². The highest BCUT2D eigenvalue weighted by Gasteiger charge is 2.19. The molecule has 0 aliphatic rings. The monoisotopic (exact) mass is 653 g/mol. The van der Waals surface area contributed by atoms with Crippen molar-refractivity contribution >= 4 is 85.8 Å². The summed E-state index contributed by atoms with van der Waals surface area (Å²) in [5.74, 6) is 1.61. The Morgan fingerprint density at radius 1 is 0.380 bits per heavy atom. The van der Waals surface area contributed by atoms with Crippen LogP contribution in [-0.4, -0.2) is 14.5 Å². The van der Waals surface area contributed by atoms with Gasteiger partial charge in [-0.3, -0.25) is 4.57 Å². The molecule has 0 fully saturated rings. The summed E-state index contributed by atoms with van der Waals surface area (Å²) < 4.78 is 4.89.